The van der Waals surface area contributed by atoms with E-state index in [-0.39, 0.29) is 16.3 Å². The minimum Gasteiger partial charge on any atom is -0.508 e. The number of halogens is 1. The maximum absolute atomic E-state index is 10.8. The Bertz CT molecular complexity index is 438. The standard InChI is InChI=1S/C7H7ClO4S/c1-4-6(9)3-2-5(8)7(4)13(10,11)12/h2-3,9H,1H3,(H,10,11,12). The number of hydrogen-bond acceptors (Lipinski definition) is 3. The van der Waals surface area contributed by atoms with Gasteiger partial charge < -0.3 is 5.11 Å². The third-order valence-electron chi connectivity index (χ3n) is 1.59. The van der Waals surface area contributed by atoms with Crippen LogP contribution in [0, 0.1) is 6.92 Å². The number of benzene rings is 1. The molecule has 4 nitrogen and oxygen atoms in total. The third kappa shape index (κ3) is 1.93. The van der Waals surface area contributed by atoms with E-state index in [0.29, 0.717) is 0 Å². The summed E-state index contributed by atoms with van der Waals surface area (Å²) in [5.74, 6) is -0.225. The number of rotatable bonds is 1. The molecule has 0 aromatic heterocycles. The quantitative estimate of drug-likeness (QED) is 0.708. The fourth-order valence-electron chi connectivity index (χ4n) is 0.965. The van der Waals surface area contributed by atoms with Gasteiger partial charge in [0, 0.05) is 5.56 Å². The molecule has 0 aliphatic heterocycles. The molecule has 0 fully saturated rings. The minimum absolute atomic E-state index is 0.0370. The Morgan fingerprint density at radius 1 is 1.38 bits per heavy atom. The molecule has 0 radical (unpaired) electrons. The summed E-state index contributed by atoms with van der Waals surface area (Å²) in [6.07, 6.45) is 0. The second kappa shape index (κ2) is 3.17. The van der Waals surface area contributed by atoms with Gasteiger partial charge in [0.15, 0.2) is 0 Å². The second-order valence-corrected chi connectivity index (χ2v) is 4.26. The number of aromatic hydroxyl groups is 1. The summed E-state index contributed by atoms with van der Waals surface area (Å²) in [4.78, 5) is -0.450. The molecule has 6 heteroatoms. The van der Waals surface area contributed by atoms with Gasteiger partial charge in [-0.3, -0.25) is 4.55 Å². The highest BCUT2D eigenvalue weighted by molar-refractivity contribution is 7.86. The van der Waals surface area contributed by atoms with Crippen molar-refractivity contribution >= 4 is 21.7 Å². The predicted molar refractivity (Wildman–Crippen MR) is 47.7 cm³/mol. The average molecular weight is 223 g/mol. The first-order valence-corrected chi connectivity index (χ1v) is 5.11. The highest BCUT2D eigenvalue weighted by Crippen LogP contribution is 2.30. The molecule has 2 N–H and O–H groups in total. The smallest absolute Gasteiger partial charge is 0.296 e. The van der Waals surface area contributed by atoms with Crippen molar-refractivity contribution in [2.24, 2.45) is 0 Å². The van der Waals surface area contributed by atoms with Crippen molar-refractivity contribution in [3.05, 3.63) is 22.7 Å². The molecule has 72 valence electrons. The molecule has 0 heterocycles. The molecule has 0 saturated heterocycles. The molecule has 0 aliphatic carbocycles. The molecule has 1 rings (SSSR count). The van der Waals surface area contributed by atoms with Crippen molar-refractivity contribution in [2.75, 3.05) is 0 Å². The van der Waals surface area contributed by atoms with E-state index in [9.17, 15) is 8.42 Å². The molecule has 1 aromatic carbocycles. The van der Waals surface area contributed by atoms with Gasteiger partial charge in [-0.1, -0.05) is 11.6 Å². The molecule has 0 spiro atoms. The predicted octanol–water partition coefficient (Wildman–Crippen LogP) is 1.60. The average Bonchev–Trinajstić information content (AvgIpc) is 1.95. The lowest BCUT2D eigenvalue weighted by atomic mass is 10.2. The highest BCUT2D eigenvalue weighted by atomic mass is 35.5. The summed E-state index contributed by atoms with van der Waals surface area (Å²) in [7, 11) is -4.38. The fraction of sp³-hybridized carbons (Fsp3) is 0.143. The SMILES string of the molecule is Cc1c(O)ccc(Cl)c1S(=O)(=O)O. The zero-order valence-corrected chi connectivity index (χ0v) is 8.22. The van der Waals surface area contributed by atoms with E-state index < -0.39 is 15.0 Å². The zero-order valence-electron chi connectivity index (χ0n) is 6.65. The molecule has 0 aliphatic rings. The van der Waals surface area contributed by atoms with Crippen molar-refractivity contribution in [3.63, 3.8) is 0 Å². The van der Waals surface area contributed by atoms with Gasteiger partial charge in [0.25, 0.3) is 10.1 Å². The Balaban J connectivity index is 3.62. The molecule has 1 aromatic rings. The van der Waals surface area contributed by atoms with E-state index in [1.165, 1.54) is 19.1 Å². The lowest BCUT2D eigenvalue weighted by Gasteiger charge is -2.05. The van der Waals surface area contributed by atoms with Gasteiger partial charge in [-0.25, -0.2) is 0 Å². The first-order valence-electron chi connectivity index (χ1n) is 3.29. The second-order valence-electron chi connectivity index (χ2n) is 2.50. The molecular weight excluding hydrogens is 216 g/mol. The molecular formula is C7H7ClO4S. The van der Waals surface area contributed by atoms with E-state index in [2.05, 4.69) is 0 Å². The summed E-state index contributed by atoms with van der Waals surface area (Å²) < 4.78 is 30.3. The van der Waals surface area contributed by atoms with Gasteiger partial charge in [-0.15, -0.1) is 0 Å². The van der Waals surface area contributed by atoms with Crippen molar-refractivity contribution in [1.82, 2.24) is 0 Å². The van der Waals surface area contributed by atoms with Gasteiger partial charge in [0.1, 0.15) is 10.6 Å². The topological polar surface area (TPSA) is 74.6 Å². The maximum atomic E-state index is 10.8. The van der Waals surface area contributed by atoms with Gasteiger partial charge >= 0.3 is 0 Å². The Hall–Kier alpha value is -0.780. The van der Waals surface area contributed by atoms with Crippen LogP contribution in [-0.4, -0.2) is 18.1 Å². The van der Waals surface area contributed by atoms with Gasteiger partial charge in [0.05, 0.1) is 5.02 Å². The molecule has 0 saturated carbocycles. The van der Waals surface area contributed by atoms with Crippen molar-refractivity contribution in [3.8, 4) is 5.75 Å². The fourth-order valence-corrected chi connectivity index (χ4v) is 2.27. The van der Waals surface area contributed by atoms with Crippen LogP contribution in [0.4, 0.5) is 0 Å². The van der Waals surface area contributed by atoms with E-state index in [0.717, 1.165) is 0 Å². The van der Waals surface area contributed by atoms with Crippen LogP contribution in [0.1, 0.15) is 5.56 Å². The Morgan fingerprint density at radius 2 is 1.92 bits per heavy atom. The van der Waals surface area contributed by atoms with E-state index in [1.807, 2.05) is 0 Å². The minimum atomic E-state index is -4.38. The maximum Gasteiger partial charge on any atom is 0.296 e. The van der Waals surface area contributed by atoms with Gasteiger partial charge in [-0.05, 0) is 19.1 Å². The molecule has 0 bridgehead atoms. The van der Waals surface area contributed by atoms with Crippen LogP contribution < -0.4 is 0 Å². The summed E-state index contributed by atoms with van der Waals surface area (Å²) >= 11 is 5.54. The summed E-state index contributed by atoms with van der Waals surface area (Å²) in [5.41, 5.74) is 0.0370. The van der Waals surface area contributed by atoms with Gasteiger partial charge in [-0.2, -0.15) is 8.42 Å². The summed E-state index contributed by atoms with van der Waals surface area (Å²) in [5, 5.41) is 9.04. The zero-order chi connectivity index (χ0) is 10.2. The van der Waals surface area contributed by atoms with E-state index in [1.54, 1.807) is 0 Å². The molecule has 13 heavy (non-hydrogen) atoms. The normalized spacial score (nSPS) is 11.6. The van der Waals surface area contributed by atoms with Gasteiger partial charge in [0.2, 0.25) is 0 Å². The Morgan fingerprint density at radius 3 is 2.31 bits per heavy atom. The number of phenolic OH excluding ortho intramolecular Hbond substituents is 1. The van der Waals surface area contributed by atoms with E-state index in [4.69, 9.17) is 21.3 Å². The number of phenols is 1. The van der Waals surface area contributed by atoms with Crippen LogP contribution in [-0.2, 0) is 10.1 Å². The molecule has 0 atom stereocenters. The highest BCUT2D eigenvalue weighted by Gasteiger charge is 2.19. The monoisotopic (exact) mass is 222 g/mol. The van der Waals surface area contributed by atoms with Crippen LogP contribution >= 0.6 is 11.6 Å². The van der Waals surface area contributed by atoms with Crippen LogP contribution in [0.3, 0.4) is 0 Å². The Kier molecular flexibility index (Phi) is 2.51. The Labute approximate surface area is 80.5 Å². The van der Waals surface area contributed by atoms with Crippen molar-refractivity contribution in [2.45, 2.75) is 11.8 Å². The first-order chi connectivity index (χ1) is 5.84. The molecule has 0 amide bonds. The number of hydrogen-bond donors (Lipinski definition) is 2. The summed E-state index contributed by atoms with van der Waals surface area (Å²) in [6, 6.07) is 2.46. The first kappa shape index (κ1) is 10.3. The van der Waals surface area contributed by atoms with E-state index >= 15 is 0 Å². The lowest BCUT2D eigenvalue weighted by Crippen LogP contribution is -2.01. The van der Waals surface area contributed by atoms with Crippen LogP contribution in [0.15, 0.2) is 17.0 Å². The largest absolute Gasteiger partial charge is 0.508 e. The van der Waals surface area contributed by atoms with Crippen LogP contribution in [0.5, 0.6) is 5.75 Å². The molecule has 0 unspecified atom stereocenters. The van der Waals surface area contributed by atoms with Crippen LogP contribution in [0.25, 0.3) is 0 Å². The lowest BCUT2D eigenvalue weighted by molar-refractivity contribution is 0.461. The van der Waals surface area contributed by atoms with Crippen molar-refractivity contribution in [1.29, 1.82) is 0 Å². The van der Waals surface area contributed by atoms with Crippen molar-refractivity contribution < 1.29 is 18.1 Å². The summed E-state index contributed by atoms with van der Waals surface area (Å²) in [6.45, 7) is 1.35. The third-order valence-corrected chi connectivity index (χ3v) is 3.06. The van der Waals surface area contributed by atoms with Crippen LogP contribution in [0.2, 0.25) is 5.02 Å².